The Labute approximate surface area is 92.9 Å². The molecule has 1 aromatic heterocycles. The van der Waals surface area contributed by atoms with Gasteiger partial charge in [-0.15, -0.1) is 0 Å². The van der Waals surface area contributed by atoms with E-state index in [1.165, 1.54) is 0 Å². The van der Waals surface area contributed by atoms with Crippen molar-refractivity contribution >= 4 is 11.6 Å². The highest BCUT2D eigenvalue weighted by Gasteiger charge is 2.25. The van der Waals surface area contributed by atoms with Gasteiger partial charge in [-0.2, -0.15) is 5.10 Å². The fourth-order valence-electron chi connectivity index (χ4n) is 2.06. The Bertz CT molecular complexity index is 519. The van der Waals surface area contributed by atoms with Gasteiger partial charge < -0.3 is 4.90 Å². The maximum absolute atomic E-state index is 12.2. The summed E-state index contributed by atoms with van der Waals surface area (Å²) in [7, 11) is 0. The fraction of sp³-hybridized carbons (Fsp3) is 0.167. The van der Waals surface area contributed by atoms with Gasteiger partial charge in [-0.05, 0) is 18.1 Å². The fourth-order valence-corrected chi connectivity index (χ4v) is 2.06. The third-order valence-electron chi connectivity index (χ3n) is 2.89. The smallest absolute Gasteiger partial charge is 0.258 e. The Hall–Kier alpha value is -2.10. The average Bonchev–Trinajstić information content (AvgIpc) is 2.83. The Morgan fingerprint density at radius 2 is 2.19 bits per heavy atom. The van der Waals surface area contributed by atoms with Gasteiger partial charge in [-0.25, -0.2) is 0 Å². The van der Waals surface area contributed by atoms with E-state index in [0.717, 1.165) is 29.8 Å². The number of aromatic amines is 1. The molecular weight excluding hydrogens is 202 g/mol. The van der Waals surface area contributed by atoms with Gasteiger partial charge in [0.05, 0.1) is 11.9 Å². The molecule has 2 aromatic rings. The molecule has 2 heterocycles. The predicted molar refractivity (Wildman–Crippen MR) is 60.4 cm³/mol. The van der Waals surface area contributed by atoms with E-state index in [9.17, 15) is 4.79 Å². The number of nitrogens with zero attached hydrogens (tertiary/aromatic N) is 2. The molecule has 4 nitrogen and oxygen atoms in total. The van der Waals surface area contributed by atoms with Crippen molar-refractivity contribution < 1.29 is 4.79 Å². The van der Waals surface area contributed by atoms with E-state index in [0.29, 0.717) is 0 Å². The number of fused-ring (bicyclic) bond motifs is 1. The molecular formula is C12H11N3O. The minimum Gasteiger partial charge on any atom is -0.305 e. The van der Waals surface area contributed by atoms with E-state index in [-0.39, 0.29) is 5.91 Å². The molecule has 80 valence electrons. The van der Waals surface area contributed by atoms with Crippen molar-refractivity contribution in [1.82, 2.24) is 10.2 Å². The highest BCUT2D eigenvalue weighted by Crippen LogP contribution is 2.23. The van der Waals surface area contributed by atoms with Crippen LogP contribution in [0.5, 0.6) is 0 Å². The predicted octanol–water partition coefficient (Wildman–Crippen LogP) is 1.61. The molecule has 0 fully saturated rings. The number of hydrogen-bond donors (Lipinski definition) is 1. The van der Waals surface area contributed by atoms with Crippen molar-refractivity contribution in [2.24, 2.45) is 0 Å². The first-order valence-electron chi connectivity index (χ1n) is 5.25. The minimum atomic E-state index is 0.0586. The van der Waals surface area contributed by atoms with Gasteiger partial charge >= 0.3 is 0 Å². The van der Waals surface area contributed by atoms with Crippen molar-refractivity contribution in [2.45, 2.75) is 6.42 Å². The summed E-state index contributed by atoms with van der Waals surface area (Å²) in [5, 5.41) is 6.60. The van der Waals surface area contributed by atoms with Gasteiger partial charge in [0.25, 0.3) is 5.91 Å². The second kappa shape index (κ2) is 3.48. The van der Waals surface area contributed by atoms with Gasteiger partial charge in [0, 0.05) is 18.3 Å². The van der Waals surface area contributed by atoms with Crippen LogP contribution in [0.3, 0.4) is 0 Å². The zero-order chi connectivity index (χ0) is 11.0. The highest BCUT2D eigenvalue weighted by atomic mass is 16.2. The molecule has 0 atom stereocenters. The zero-order valence-corrected chi connectivity index (χ0v) is 8.68. The van der Waals surface area contributed by atoms with Crippen LogP contribution in [0.15, 0.2) is 36.7 Å². The Balaban J connectivity index is 2.01. The van der Waals surface area contributed by atoms with Gasteiger partial charge in [-0.3, -0.25) is 9.89 Å². The van der Waals surface area contributed by atoms with Gasteiger partial charge in [0.1, 0.15) is 0 Å². The summed E-state index contributed by atoms with van der Waals surface area (Å²) in [6.07, 6.45) is 4.31. The molecule has 3 rings (SSSR count). The normalized spacial score (nSPS) is 15.0. The van der Waals surface area contributed by atoms with Gasteiger partial charge in [-0.1, -0.05) is 18.2 Å². The number of nitrogens with one attached hydrogen (secondary N) is 1. The van der Waals surface area contributed by atoms with Crippen LogP contribution in [0.1, 0.15) is 15.9 Å². The Morgan fingerprint density at radius 1 is 1.31 bits per heavy atom. The molecule has 0 saturated heterocycles. The molecule has 1 aromatic carbocycles. The van der Waals surface area contributed by atoms with Gasteiger partial charge in [0.2, 0.25) is 0 Å². The quantitative estimate of drug-likeness (QED) is 0.782. The molecule has 1 N–H and O–H groups in total. The summed E-state index contributed by atoms with van der Waals surface area (Å²) in [4.78, 5) is 14.0. The highest BCUT2D eigenvalue weighted by molar-refractivity contribution is 6.08. The van der Waals surface area contributed by atoms with E-state index in [4.69, 9.17) is 0 Å². The third kappa shape index (κ3) is 1.31. The second-order valence-corrected chi connectivity index (χ2v) is 3.82. The number of rotatable bonds is 1. The SMILES string of the molecule is O=C1c2ccccc2CCN1c1cn[nH]c1. The molecule has 0 aliphatic carbocycles. The molecule has 0 saturated carbocycles. The number of aromatic nitrogens is 2. The summed E-state index contributed by atoms with van der Waals surface area (Å²) in [5.41, 5.74) is 2.77. The number of H-pyrrole nitrogens is 1. The lowest BCUT2D eigenvalue weighted by atomic mass is 9.99. The molecule has 0 bridgehead atoms. The summed E-state index contributed by atoms with van der Waals surface area (Å²) in [5.74, 6) is 0.0586. The van der Waals surface area contributed by atoms with Crippen LogP contribution in [-0.4, -0.2) is 22.6 Å². The maximum Gasteiger partial charge on any atom is 0.258 e. The molecule has 0 radical (unpaired) electrons. The average molecular weight is 213 g/mol. The topological polar surface area (TPSA) is 49.0 Å². The first-order chi connectivity index (χ1) is 7.86. The van der Waals surface area contributed by atoms with E-state index in [2.05, 4.69) is 10.2 Å². The van der Waals surface area contributed by atoms with Crippen molar-refractivity contribution in [3.63, 3.8) is 0 Å². The second-order valence-electron chi connectivity index (χ2n) is 3.82. The molecule has 16 heavy (non-hydrogen) atoms. The Morgan fingerprint density at radius 3 is 3.00 bits per heavy atom. The number of amides is 1. The van der Waals surface area contributed by atoms with Crippen LogP contribution in [0, 0.1) is 0 Å². The number of carbonyl (C=O) groups is 1. The van der Waals surface area contributed by atoms with Crippen LogP contribution in [0.25, 0.3) is 0 Å². The van der Waals surface area contributed by atoms with E-state index in [1.807, 2.05) is 24.3 Å². The number of hydrogen-bond acceptors (Lipinski definition) is 2. The molecule has 1 aliphatic heterocycles. The van der Waals surface area contributed by atoms with Crippen molar-refractivity contribution in [1.29, 1.82) is 0 Å². The number of carbonyl (C=O) groups excluding carboxylic acids is 1. The van der Waals surface area contributed by atoms with Crippen molar-refractivity contribution in [3.05, 3.63) is 47.8 Å². The molecule has 1 amide bonds. The summed E-state index contributed by atoms with van der Waals surface area (Å²) < 4.78 is 0. The van der Waals surface area contributed by atoms with Crippen molar-refractivity contribution in [2.75, 3.05) is 11.4 Å². The lowest BCUT2D eigenvalue weighted by Crippen LogP contribution is -2.37. The lowest BCUT2D eigenvalue weighted by molar-refractivity contribution is 0.0980. The minimum absolute atomic E-state index is 0.0586. The summed E-state index contributed by atoms with van der Waals surface area (Å²) in [6.45, 7) is 0.718. The Kier molecular flexibility index (Phi) is 1.99. The molecule has 0 unspecified atom stereocenters. The summed E-state index contributed by atoms with van der Waals surface area (Å²) >= 11 is 0. The number of benzene rings is 1. The van der Waals surface area contributed by atoms with Crippen LogP contribution in [0.4, 0.5) is 5.69 Å². The van der Waals surface area contributed by atoms with Crippen molar-refractivity contribution in [3.8, 4) is 0 Å². The molecule has 0 spiro atoms. The standard InChI is InChI=1S/C12H11N3O/c16-12-11-4-2-1-3-9(11)5-6-15(12)10-7-13-14-8-10/h1-4,7-8H,5-6H2,(H,13,14). The molecule has 4 heteroatoms. The first-order valence-corrected chi connectivity index (χ1v) is 5.25. The number of anilines is 1. The zero-order valence-electron chi connectivity index (χ0n) is 8.68. The maximum atomic E-state index is 12.2. The van der Waals surface area contributed by atoms with Crippen LogP contribution >= 0.6 is 0 Å². The largest absolute Gasteiger partial charge is 0.305 e. The third-order valence-corrected chi connectivity index (χ3v) is 2.89. The first kappa shape index (κ1) is 9.15. The van der Waals surface area contributed by atoms with Crippen LogP contribution < -0.4 is 4.90 Å². The van der Waals surface area contributed by atoms with E-state index >= 15 is 0 Å². The van der Waals surface area contributed by atoms with Gasteiger partial charge in [0.15, 0.2) is 0 Å². The van der Waals surface area contributed by atoms with Crippen LogP contribution in [-0.2, 0) is 6.42 Å². The molecule has 1 aliphatic rings. The lowest BCUT2D eigenvalue weighted by Gasteiger charge is -2.27. The van der Waals surface area contributed by atoms with Crippen LogP contribution in [0.2, 0.25) is 0 Å². The monoisotopic (exact) mass is 213 g/mol. The van der Waals surface area contributed by atoms with E-state index < -0.39 is 0 Å². The van der Waals surface area contributed by atoms with E-state index in [1.54, 1.807) is 17.3 Å². The summed E-state index contributed by atoms with van der Waals surface area (Å²) in [6, 6.07) is 7.76.